The lowest BCUT2D eigenvalue weighted by atomic mass is 10.2. The summed E-state index contributed by atoms with van der Waals surface area (Å²) < 4.78 is 5.80. The number of furan rings is 1. The number of aryl methyl sites for hydroxylation is 1. The molecule has 1 N–H and O–H groups in total. The molecule has 6 nitrogen and oxygen atoms in total. The maximum atomic E-state index is 6.17. The summed E-state index contributed by atoms with van der Waals surface area (Å²) in [5.41, 5.74) is 0.877. The van der Waals surface area contributed by atoms with Gasteiger partial charge in [-0.15, -0.1) is 5.10 Å². The summed E-state index contributed by atoms with van der Waals surface area (Å²) >= 11 is 6.17. The van der Waals surface area contributed by atoms with Gasteiger partial charge in [0.25, 0.3) is 5.95 Å². The molecular formula is C15H16ClN5O. The van der Waals surface area contributed by atoms with E-state index in [2.05, 4.69) is 27.7 Å². The lowest BCUT2D eigenvalue weighted by molar-refractivity contribution is 0.514. The Morgan fingerprint density at radius 2 is 2.09 bits per heavy atom. The summed E-state index contributed by atoms with van der Waals surface area (Å²) in [5, 5.41) is 15.9. The number of tetrazole rings is 1. The van der Waals surface area contributed by atoms with E-state index in [1.165, 1.54) is 0 Å². The molecule has 1 aromatic carbocycles. The van der Waals surface area contributed by atoms with Crippen molar-refractivity contribution in [1.82, 2.24) is 20.2 Å². The van der Waals surface area contributed by atoms with Crippen LogP contribution in [-0.2, 0) is 13.1 Å². The number of nitrogens with zero attached hydrogens (tertiary/aromatic N) is 4. The van der Waals surface area contributed by atoms with Crippen LogP contribution < -0.4 is 5.32 Å². The molecule has 0 atom stereocenters. The first-order valence-corrected chi connectivity index (χ1v) is 7.49. The van der Waals surface area contributed by atoms with Crippen molar-refractivity contribution in [3.05, 3.63) is 47.2 Å². The molecule has 0 fully saturated rings. The molecule has 114 valence electrons. The average molecular weight is 318 g/mol. The number of hydrogen-bond donors (Lipinski definition) is 1. The van der Waals surface area contributed by atoms with Gasteiger partial charge in [0.2, 0.25) is 0 Å². The summed E-state index contributed by atoms with van der Waals surface area (Å²) in [6.07, 6.45) is 0.967. The summed E-state index contributed by atoms with van der Waals surface area (Å²) in [6, 6.07) is 11.4. The second kappa shape index (κ2) is 6.62. The third kappa shape index (κ3) is 3.28. The highest BCUT2D eigenvalue weighted by molar-refractivity contribution is 6.33. The lowest BCUT2D eigenvalue weighted by Crippen LogP contribution is -2.03. The lowest BCUT2D eigenvalue weighted by Gasteiger charge is -2.00. The van der Waals surface area contributed by atoms with Crippen molar-refractivity contribution in [2.45, 2.75) is 26.4 Å². The van der Waals surface area contributed by atoms with Crippen molar-refractivity contribution < 1.29 is 4.42 Å². The predicted octanol–water partition coefficient (Wildman–Crippen LogP) is 3.61. The van der Waals surface area contributed by atoms with Crippen molar-refractivity contribution in [1.29, 1.82) is 0 Å². The smallest absolute Gasteiger partial charge is 0.263 e. The first-order chi connectivity index (χ1) is 10.8. The highest BCUT2D eigenvalue weighted by Crippen LogP contribution is 2.29. The molecule has 0 aliphatic carbocycles. The first kappa shape index (κ1) is 14.6. The monoisotopic (exact) mass is 317 g/mol. The van der Waals surface area contributed by atoms with E-state index >= 15 is 0 Å². The molecule has 2 heterocycles. The molecule has 22 heavy (non-hydrogen) atoms. The number of rotatable bonds is 6. The normalized spacial score (nSPS) is 10.8. The Morgan fingerprint density at radius 1 is 1.23 bits per heavy atom. The highest BCUT2D eigenvalue weighted by Gasteiger charge is 2.09. The fraction of sp³-hybridized carbons (Fsp3) is 0.267. The molecule has 0 saturated heterocycles. The zero-order valence-electron chi connectivity index (χ0n) is 12.2. The third-order valence-corrected chi connectivity index (χ3v) is 3.43. The van der Waals surface area contributed by atoms with E-state index in [0.717, 1.165) is 30.0 Å². The molecule has 0 spiro atoms. The number of nitrogens with one attached hydrogen (secondary N) is 1. The zero-order chi connectivity index (χ0) is 15.4. The first-order valence-electron chi connectivity index (χ1n) is 7.11. The molecule has 0 aliphatic rings. The van der Waals surface area contributed by atoms with Crippen molar-refractivity contribution in [3.8, 4) is 11.3 Å². The topological polar surface area (TPSA) is 68.8 Å². The summed E-state index contributed by atoms with van der Waals surface area (Å²) in [6.45, 7) is 3.31. The van der Waals surface area contributed by atoms with Crippen LogP contribution >= 0.6 is 11.6 Å². The molecule has 0 aliphatic heterocycles. The van der Waals surface area contributed by atoms with E-state index in [4.69, 9.17) is 16.0 Å². The molecule has 0 bridgehead atoms. The average Bonchev–Trinajstić information content (AvgIpc) is 3.15. The predicted molar refractivity (Wildman–Crippen MR) is 84.6 cm³/mol. The second-order valence-corrected chi connectivity index (χ2v) is 5.22. The van der Waals surface area contributed by atoms with Crippen LogP contribution in [0.1, 0.15) is 19.1 Å². The summed E-state index contributed by atoms with van der Waals surface area (Å²) in [5.74, 6) is 2.01. The van der Waals surface area contributed by atoms with Gasteiger partial charge in [0.15, 0.2) is 0 Å². The van der Waals surface area contributed by atoms with Gasteiger partial charge in [-0.1, -0.05) is 35.8 Å². The highest BCUT2D eigenvalue weighted by atomic mass is 35.5. The van der Waals surface area contributed by atoms with E-state index in [1.54, 1.807) is 4.80 Å². The summed E-state index contributed by atoms with van der Waals surface area (Å²) in [7, 11) is 0. The van der Waals surface area contributed by atoms with Crippen LogP contribution in [0.25, 0.3) is 11.3 Å². The molecular weight excluding hydrogens is 302 g/mol. The van der Waals surface area contributed by atoms with Crippen molar-refractivity contribution >= 4 is 17.5 Å². The molecule has 0 saturated carbocycles. The minimum Gasteiger partial charge on any atom is -0.459 e. The molecule has 0 amide bonds. The largest absolute Gasteiger partial charge is 0.459 e. The van der Waals surface area contributed by atoms with Gasteiger partial charge in [-0.3, -0.25) is 0 Å². The van der Waals surface area contributed by atoms with Gasteiger partial charge in [-0.25, -0.2) is 0 Å². The molecule has 0 unspecified atom stereocenters. The van der Waals surface area contributed by atoms with Gasteiger partial charge in [0.1, 0.15) is 11.5 Å². The zero-order valence-corrected chi connectivity index (χ0v) is 12.9. The minimum atomic E-state index is 0.488. The third-order valence-electron chi connectivity index (χ3n) is 3.10. The van der Waals surface area contributed by atoms with Crippen LogP contribution in [0.15, 0.2) is 40.8 Å². The van der Waals surface area contributed by atoms with E-state index in [-0.39, 0.29) is 0 Å². The van der Waals surface area contributed by atoms with Gasteiger partial charge in [-0.05, 0) is 35.9 Å². The number of anilines is 1. The summed E-state index contributed by atoms with van der Waals surface area (Å²) in [4.78, 5) is 1.57. The Balaban J connectivity index is 1.65. The van der Waals surface area contributed by atoms with E-state index in [1.807, 2.05) is 36.4 Å². The Labute approximate surface area is 133 Å². The number of aromatic nitrogens is 4. The van der Waals surface area contributed by atoms with Crippen LogP contribution in [0.5, 0.6) is 0 Å². The van der Waals surface area contributed by atoms with Crippen molar-refractivity contribution in [2.24, 2.45) is 0 Å². The molecule has 3 rings (SSSR count). The molecule has 0 radical (unpaired) electrons. The Bertz CT molecular complexity index is 752. The van der Waals surface area contributed by atoms with Crippen LogP contribution in [0.2, 0.25) is 5.02 Å². The van der Waals surface area contributed by atoms with Crippen LogP contribution in [0.4, 0.5) is 5.95 Å². The maximum Gasteiger partial charge on any atom is 0.263 e. The van der Waals surface area contributed by atoms with Gasteiger partial charge in [0.05, 0.1) is 18.1 Å². The van der Waals surface area contributed by atoms with Crippen LogP contribution in [0.3, 0.4) is 0 Å². The molecule has 3 aromatic rings. The van der Waals surface area contributed by atoms with Crippen LogP contribution in [-0.4, -0.2) is 20.2 Å². The Kier molecular flexibility index (Phi) is 4.39. The number of hydrogen-bond acceptors (Lipinski definition) is 5. The quantitative estimate of drug-likeness (QED) is 0.752. The van der Waals surface area contributed by atoms with Crippen molar-refractivity contribution in [2.75, 3.05) is 5.32 Å². The standard InChI is InChI=1S/C15H16ClN5O/c1-2-9-21-19-15(18-20-21)17-10-11-7-8-14(22-11)12-5-3-4-6-13(12)16/h3-8H,2,9-10H2,1H3,(H,17,19). The maximum absolute atomic E-state index is 6.17. The van der Waals surface area contributed by atoms with Gasteiger partial charge < -0.3 is 9.73 Å². The molecule has 2 aromatic heterocycles. The minimum absolute atomic E-state index is 0.488. The van der Waals surface area contributed by atoms with Crippen LogP contribution in [0, 0.1) is 0 Å². The fourth-order valence-corrected chi connectivity index (χ4v) is 2.28. The second-order valence-electron chi connectivity index (χ2n) is 4.81. The van der Waals surface area contributed by atoms with Crippen molar-refractivity contribution in [3.63, 3.8) is 0 Å². The Morgan fingerprint density at radius 3 is 2.91 bits per heavy atom. The number of benzene rings is 1. The number of halogens is 1. The van der Waals surface area contributed by atoms with E-state index < -0.39 is 0 Å². The fourth-order valence-electron chi connectivity index (χ4n) is 2.05. The van der Waals surface area contributed by atoms with Gasteiger partial charge >= 0.3 is 0 Å². The van der Waals surface area contributed by atoms with Gasteiger partial charge in [0, 0.05) is 5.56 Å². The SMILES string of the molecule is CCCn1nnc(NCc2ccc(-c3ccccc3Cl)o2)n1. The Hall–Kier alpha value is -2.34. The molecule has 7 heteroatoms. The van der Waals surface area contributed by atoms with E-state index in [0.29, 0.717) is 17.5 Å². The van der Waals surface area contributed by atoms with Gasteiger partial charge in [-0.2, -0.15) is 4.80 Å². The van der Waals surface area contributed by atoms with E-state index in [9.17, 15) is 0 Å².